The van der Waals surface area contributed by atoms with Crippen molar-refractivity contribution in [2.75, 3.05) is 0 Å². The number of rotatable bonds is 2. The van der Waals surface area contributed by atoms with Gasteiger partial charge in [0.2, 0.25) is 0 Å². The summed E-state index contributed by atoms with van der Waals surface area (Å²) in [6.45, 7) is 11.7. The van der Waals surface area contributed by atoms with Gasteiger partial charge in [-0.3, -0.25) is 0 Å². The van der Waals surface area contributed by atoms with E-state index in [-0.39, 0.29) is 0 Å². The molecule has 0 saturated heterocycles. The van der Waals surface area contributed by atoms with Gasteiger partial charge in [0.15, 0.2) is 0 Å². The van der Waals surface area contributed by atoms with Crippen molar-refractivity contribution in [3.63, 3.8) is 0 Å². The number of nitrogens with two attached hydrogens (primary N) is 1. The Morgan fingerprint density at radius 1 is 0.684 bits per heavy atom. The van der Waals surface area contributed by atoms with Gasteiger partial charge in [-0.05, 0) is 79.1 Å². The van der Waals surface area contributed by atoms with Crippen LogP contribution in [-0.2, 0) is 6.54 Å². The minimum atomic E-state index is 0.601. The maximum Gasteiger partial charge on any atom is 0.0178 e. The summed E-state index contributed by atoms with van der Waals surface area (Å²) < 4.78 is 0. The Balaban J connectivity index is 2.67. The van der Waals surface area contributed by atoms with Crippen molar-refractivity contribution in [3.8, 4) is 11.1 Å². The Morgan fingerprint density at radius 3 is 1.53 bits per heavy atom. The van der Waals surface area contributed by atoms with Crippen molar-refractivity contribution in [3.05, 3.63) is 57.6 Å². The van der Waals surface area contributed by atoms with Crippen LogP contribution in [0.4, 0.5) is 0 Å². The molecule has 2 aromatic rings. The van der Waals surface area contributed by atoms with Gasteiger partial charge in [0.1, 0.15) is 0 Å². The second-order valence-corrected chi connectivity index (χ2v) is 5.40. The molecule has 100 valence electrons. The predicted molar refractivity (Wildman–Crippen MR) is 83.5 cm³/mol. The van der Waals surface area contributed by atoms with E-state index in [1.54, 1.807) is 0 Å². The van der Waals surface area contributed by atoms with Crippen LogP contribution >= 0.6 is 0 Å². The quantitative estimate of drug-likeness (QED) is 0.845. The van der Waals surface area contributed by atoms with Crippen molar-refractivity contribution in [1.82, 2.24) is 0 Å². The normalized spacial score (nSPS) is 10.8. The Hall–Kier alpha value is -1.60. The number of benzene rings is 2. The standard InChI is InChI=1S/C18H23N/c1-11-12(2)14(4)18(15(5)13(11)3)17-8-6-16(10-19)7-9-17/h6-9H,10,19H2,1-5H3. The molecule has 0 aliphatic heterocycles. The van der Waals surface area contributed by atoms with Crippen LogP contribution in [-0.4, -0.2) is 0 Å². The first-order chi connectivity index (χ1) is 8.97. The van der Waals surface area contributed by atoms with Crippen LogP contribution in [0.25, 0.3) is 11.1 Å². The van der Waals surface area contributed by atoms with Gasteiger partial charge in [0.25, 0.3) is 0 Å². The molecule has 1 heteroatoms. The minimum absolute atomic E-state index is 0.601. The van der Waals surface area contributed by atoms with Gasteiger partial charge < -0.3 is 5.73 Å². The predicted octanol–water partition coefficient (Wildman–Crippen LogP) is 4.35. The first-order valence-corrected chi connectivity index (χ1v) is 6.83. The van der Waals surface area contributed by atoms with E-state index in [1.807, 2.05) is 0 Å². The molecule has 0 atom stereocenters. The number of hydrogen-bond donors (Lipinski definition) is 1. The molecule has 0 radical (unpaired) electrons. The van der Waals surface area contributed by atoms with Gasteiger partial charge in [-0.1, -0.05) is 24.3 Å². The van der Waals surface area contributed by atoms with Gasteiger partial charge in [-0.15, -0.1) is 0 Å². The van der Waals surface area contributed by atoms with Gasteiger partial charge in [0.05, 0.1) is 0 Å². The Kier molecular flexibility index (Phi) is 3.77. The van der Waals surface area contributed by atoms with E-state index in [1.165, 1.54) is 44.5 Å². The molecular formula is C18H23N. The van der Waals surface area contributed by atoms with E-state index in [9.17, 15) is 0 Å². The highest BCUT2D eigenvalue weighted by molar-refractivity contribution is 5.74. The van der Waals surface area contributed by atoms with E-state index >= 15 is 0 Å². The van der Waals surface area contributed by atoms with Gasteiger partial charge in [0, 0.05) is 6.54 Å². The van der Waals surface area contributed by atoms with Crippen LogP contribution in [0.2, 0.25) is 0 Å². The first-order valence-electron chi connectivity index (χ1n) is 6.83. The van der Waals surface area contributed by atoms with E-state index in [0.717, 1.165) is 0 Å². The summed E-state index contributed by atoms with van der Waals surface area (Å²) >= 11 is 0. The zero-order chi connectivity index (χ0) is 14.2. The molecule has 0 saturated carbocycles. The van der Waals surface area contributed by atoms with Gasteiger partial charge in [-0.25, -0.2) is 0 Å². The minimum Gasteiger partial charge on any atom is -0.326 e. The lowest BCUT2D eigenvalue weighted by molar-refractivity contribution is 1.07. The summed E-state index contributed by atoms with van der Waals surface area (Å²) in [4.78, 5) is 0. The molecule has 0 aliphatic rings. The molecule has 1 nitrogen and oxygen atoms in total. The topological polar surface area (TPSA) is 26.0 Å². The summed E-state index contributed by atoms with van der Waals surface area (Å²) in [6, 6.07) is 8.62. The molecule has 0 bridgehead atoms. The molecule has 2 N–H and O–H groups in total. The fourth-order valence-electron chi connectivity index (χ4n) is 2.74. The second kappa shape index (κ2) is 5.18. The summed E-state index contributed by atoms with van der Waals surface area (Å²) in [7, 11) is 0. The molecule has 0 amide bonds. The molecule has 2 rings (SSSR count). The smallest absolute Gasteiger partial charge is 0.0178 e. The van der Waals surface area contributed by atoms with Crippen molar-refractivity contribution in [1.29, 1.82) is 0 Å². The van der Waals surface area contributed by atoms with Crippen LogP contribution in [0.5, 0.6) is 0 Å². The molecule has 0 spiro atoms. The highest BCUT2D eigenvalue weighted by atomic mass is 14.5. The van der Waals surface area contributed by atoms with Crippen LogP contribution < -0.4 is 5.73 Å². The van der Waals surface area contributed by atoms with E-state index in [2.05, 4.69) is 58.9 Å². The van der Waals surface area contributed by atoms with Crippen LogP contribution in [0.1, 0.15) is 33.4 Å². The third-order valence-corrected chi connectivity index (χ3v) is 4.48. The van der Waals surface area contributed by atoms with Crippen LogP contribution in [0.3, 0.4) is 0 Å². The SMILES string of the molecule is Cc1c(C)c(C)c(-c2ccc(CN)cc2)c(C)c1C. The monoisotopic (exact) mass is 253 g/mol. The Bertz CT molecular complexity index is 578. The lowest BCUT2D eigenvalue weighted by Gasteiger charge is -2.19. The first kappa shape index (κ1) is 13.8. The third-order valence-electron chi connectivity index (χ3n) is 4.48. The van der Waals surface area contributed by atoms with Crippen molar-refractivity contribution in [2.24, 2.45) is 5.73 Å². The Labute approximate surface area is 116 Å². The fraction of sp³-hybridized carbons (Fsp3) is 0.333. The van der Waals surface area contributed by atoms with E-state index in [4.69, 9.17) is 5.73 Å². The zero-order valence-corrected chi connectivity index (χ0v) is 12.6. The van der Waals surface area contributed by atoms with Gasteiger partial charge >= 0.3 is 0 Å². The van der Waals surface area contributed by atoms with Crippen molar-refractivity contribution < 1.29 is 0 Å². The highest BCUT2D eigenvalue weighted by Crippen LogP contribution is 2.33. The Morgan fingerprint density at radius 2 is 1.11 bits per heavy atom. The highest BCUT2D eigenvalue weighted by Gasteiger charge is 2.13. The van der Waals surface area contributed by atoms with Crippen LogP contribution in [0, 0.1) is 34.6 Å². The maximum absolute atomic E-state index is 5.67. The summed E-state index contributed by atoms with van der Waals surface area (Å²) in [6.07, 6.45) is 0. The lowest BCUT2D eigenvalue weighted by Crippen LogP contribution is -2.00. The molecule has 0 fully saturated rings. The fourth-order valence-corrected chi connectivity index (χ4v) is 2.74. The summed E-state index contributed by atoms with van der Waals surface area (Å²) in [5.41, 5.74) is 16.5. The molecule has 0 unspecified atom stereocenters. The van der Waals surface area contributed by atoms with Gasteiger partial charge in [-0.2, -0.15) is 0 Å². The molecule has 0 aromatic heterocycles. The molecular weight excluding hydrogens is 230 g/mol. The summed E-state index contributed by atoms with van der Waals surface area (Å²) in [5.74, 6) is 0. The van der Waals surface area contributed by atoms with Crippen LogP contribution in [0.15, 0.2) is 24.3 Å². The maximum atomic E-state index is 5.67. The number of hydrogen-bond acceptors (Lipinski definition) is 1. The third kappa shape index (κ3) is 2.31. The average Bonchev–Trinajstić information content (AvgIpc) is 2.44. The zero-order valence-electron chi connectivity index (χ0n) is 12.6. The average molecular weight is 253 g/mol. The van der Waals surface area contributed by atoms with Crippen molar-refractivity contribution in [2.45, 2.75) is 41.2 Å². The molecule has 0 heterocycles. The lowest BCUT2D eigenvalue weighted by atomic mass is 9.86. The molecule has 2 aromatic carbocycles. The van der Waals surface area contributed by atoms with E-state index in [0.29, 0.717) is 6.54 Å². The van der Waals surface area contributed by atoms with Crippen molar-refractivity contribution >= 4 is 0 Å². The summed E-state index contributed by atoms with van der Waals surface area (Å²) in [5, 5.41) is 0. The molecule has 0 aliphatic carbocycles. The largest absolute Gasteiger partial charge is 0.326 e. The second-order valence-electron chi connectivity index (χ2n) is 5.40. The van der Waals surface area contributed by atoms with E-state index < -0.39 is 0 Å². The molecule has 19 heavy (non-hydrogen) atoms.